The van der Waals surface area contributed by atoms with Crippen molar-refractivity contribution in [2.45, 2.75) is 0 Å². The molecule has 0 aliphatic heterocycles. The van der Waals surface area contributed by atoms with Crippen LogP contribution in [-0.2, 0) is 0 Å². The number of aromatic carboxylic acids is 1. The standard InChI is InChI=1S/C13H8F2O2/c14-11-6-5-8(7-12(11)15)9-3-1-2-4-10(9)13(16)17/h1-7H,(H,16,17). The van der Waals surface area contributed by atoms with Crippen molar-refractivity contribution < 1.29 is 18.7 Å². The fourth-order valence-electron chi connectivity index (χ4n) is 1.59. The summed E-state index contributed by atoms with van der Waals surface area (Å²) in [5.41, 5.74) is 0.749. The topological polar surface area (TPSA) is 37.3 Å². The molecule has 4 heteroatoms. The van der Waals surface area contributed by atoms with Crippen LogP contribution in [0.5, 0.6) is 0 Å². The molecule has 0 radical (unpaired) electrons. The Morgan fingerprint density at radius 2 is 1.71 bits per heavy atom. The van der Waals surface area contributed by atoms with Gasteiger partial charge in [-0.05, 0) is 29.3 Å². The third-order valence-electron chi connectivity index (χ3n) is 2.39. The molecule has 86 valence electrons. The molecule has 2 aromatic rings. The number of carboxylic acid groups (broad SMARTS) is 1. The van der Waals surface area contributed by atoms with Crippen molar-refractivity contribution >= 4 is 5.97 Å². The number of benzene rings is 2. The summed E-state index contributed by atoms with van der Waals surface area (Å²) in [4.78, 5) is 11.0. The Kier molecular flexibility index (Phi) is 2.87. The number of carbonyl (C=O) groups is 1. The second-order valence-electron chi connectivity index (χ2n) is 3.48. The predicted molar refractivity (Wildman–Crippen MR) is 58.8 cm³/mol. The van der Waals surface area contributed by atoms with Gasteiger partial charge in [0.2, 0.25) is 0 Å². The van der Waals surface area contributed by atoms with Crippen LogP contribution in [0.3, 0.4) is 0 Å². The van der Waals surface area contributed by atoms with Crippen LogP contribution < -0.4 is 0 Å². The van der Waals surface area contributed by atoms with Gasteiger partial charge in [0.05, 0.1) is 5.56 Å². The highest BCUT2D eigenvalue weighted by molar-refractivity contribution is 5.95. The minimum atomic E-state index is -1.11. The second kappa shape index (κ2) is 4.33. The van der Waals surface area contributed by atoms with Gasteiger partial charge in [-0.2, -0.15) is 0 Å². The minimum Gasteiger partial charge on any atom is -0.478 e. The minimum absolute atomic E-state index is 0.0542. The number of rotatable bonds is 2. The van der Waals surface area contributed by atoms with Crippen LogP contribution in [0.25, 0.3) is 11.1 Å². The molecule has 0 bridgehead atoms. The predicted octanol–water partition coefficient (Wildman–Crippen LogP) is 3.33. The maximum Gasteiger partial charge on any atom is 0.336 e. The lowest BCUT2D eigenvalue weighted by Crippen LogP contribution is -1.99. The summed E-state index contributed by atoms with van der Waals surface area (Å²) in [6.45, 7) is 0. The van der Waals surface area contributed by atoms with Crippen LogP contribution in [0.2, 0.25) is 0 Å². The summed E-state index contributed by atoms with van der Waals surface area (Å²) in [6, 6.07) is 9.49. The molecule has 2 aromatic carbocycles. The normalized spacial score (nSPS) is 10.2. The van der Waals surface area contributed by atoms with Gasteiger partial charge in [-0.15, -0.1) is 0 Å². The van der Waals surface area contributed by atoms with Gasteiger partial charge in [-0.3, -0.25) is 0 Å². The van der Waals surface area contributed by atoms with Crippen LogP contribution in [0, 0.1) is 11.6 Å². The Morgan fingerprint density at radius 1 is 1.00 bits per heavy atom. The van der Waals surface area contributed by atoms with Crippen molar-refractivity contribution in [3.05, 3.63) is 59.7 Å². The molecule has 0 fully saturated rings. The van der Waals surface area contributed by atoms with Gasteiger partial charge in [0, 0.05) is 0 Å². The van der Waals surface area contributed by atoms with Gasteiger partial charge >= 0.3 is 5.97 Å². The van der Waals surface area contributed by atoms with E-state index in [9.17, 15) is 13.6 Å². The van der Waals surface area contributed by atoms with E-state index in [1.165, 1.54) is 12.1 Å². The van der Waals surface area contributed by atoms with Gasteiger partial charge in [-0.1, -0.05) is 24.3 Å². The average molecular weight is 234 g/mol. The molecular formula is C13H8F2O2. The van der Waals surface area contributed by atoms with Gasteiger partial charge in [-0.25, -0.2) is 13.6 Å². The molecule has 0 unspecified atom stereocenters. The quantitative estimate of drug-likeness (QED) is 0.865. The molecule has 2 nitrogen and oxygen atoms in total. The van der Waals surface area contributed by atoms with E-state index in [2.05, 4.69) is 0 Å². The Bertz CT molecular complexity index is 579. The first-order chi connectivity index (χ1) is 8.09. The Labute approximate surface area is 96.1 Å². The molecule has 0 aromatic heterocycles. The number of halogens is 2. The fourth-order valence-corrected chi connectivity index (χ4v) is 1.59. The maximum atomic E-state index is 13.1. The summed E-state index contributed by atoms with van der Waals surface area (Å²) in [6.07, 6.45) is 0. The first-order valence-electron chi connectivity index (χ1n) is 4.87. The van der Waals surface area contributed by atoms with E-state index in [1.807, 2.05) is 0 Å². The third-order valence-corrected chi connectivity index (χ3v) is 2.39. The molecule has 1 N–H and O–H groups in total. The highest BCUT2D eigenvalue weighted by Crippen LogP contribution is 2.25. The van der Waals surface area contributed by atoms with Gasteiger partial charge in [0.1, 0.15) is 0 Å². The van der Waals surface area contributed by atoms with E-state index >= 15 is 0 Å². The van der Waals surface area contributed by atoms with E-state index in [0.717, 1.165) is 12.1 Å². The summed E-state index contributed by atoms with van der Waals surface area (Å²) >= 11 is 0. The van der Waals surface area contributed by atoms with E-state index in [1.54, 1.807) is 18.2 Å². The maximum absolute atomic E-state index is 13.1. The van der Waals surface area contributed by atoms with E-state index in [-0.39, 0.29) is 5.56 Å². The second-order valence-corrected chi connectivity index (χ2v) is 3.48. The molecular weight excluding hydrogens is 226 g/mol. The van der Waals surface area contributed by atoms with E-state index in [0.29, 0.717) is 11.1 Å². The average Bonchev–Trinajstić information content (AvgIpc) is 2.32. The molecule has 2 rings (SSSR count). The first-order valence-corrected chi connectivity index (χ1v) is 4.87. The van der Waals surface area contributed by atoms with Crippen LogP contribution in [0.15, 0.2) is 42.5 Å². The summed E-state index contributed by atoms with van der Waals surface area (Å²) < 4.78 is 25.9. The lowest BCUT2D eigenvalue weighted by Gasteiger charge is -2.06. The van der Waals surface area contributed by atoms with Crippen molar-refractivity contribution in [3.63, 3.8) is 0 Å². The SMILES string of the molecule is O=C(O)c1ccccc1-c1ccc(F)c(F)c1. The largest absolute Gasteiger partial charge is 0.478 e. The molecule has 0 spiro atoms. The van der Waals surface area contributed by atoms with Gasteiger partial charge < -0.3 is 5.11 Å². The number of hydrogen-bond acceptors (Lipinski definition) is 1. The lowest BCUT2D eigenvalue weighted by atomic mass is 10.00. The molecule has 0 amide bonds. The smallest absolute Gasteiger partial charge is 0.336 e. The summed E-state index contributed by atoms with van der Waals surface area (Å²) in [5, 5.41) is 8.98. The molecule has 0 heterocycles. The number of hydrogen-bond donors (Lipinski definition) is 1. The fraction of sp³-hybridized carbons (Fsp3) is 0. The monoisotopic (exact) mass is 234 g/mol. The lowest BCUT2D eigenvalue weighted by molar-refractivity contribution is 0.0697. The summed E-state index contributed by atoms with van der Waals surface area (Å²) in [5.74, 6) is -3.06. The van der Waals surface area contributed by atoms with E-state index in [4.69, 9.17) is 5.11 Å². The van der Waals surface area contributed by atoms with Crippen molar-refractivity contribution in [2.75, 3.05) is 0 Å². The molecule has 0 aliphatic carbocycles. The molecule has 0 saturated carbocycles. The van der Waals surface area contributed by atoms with Crippen LogP contribution in [0.1, 0.15) is 10.4 Å². The van der Waals surface area contributed by atoms with Crippen molar-refractivity contribution in [2.24, 2.45) is 0 Å². The van der Waals surface area contributed by atoms with Gasteiger partial charge in [0.15, 0.2) is 11.6 Å². The molecule has 0 aliphatic rings. The zero-order valence-electron chi connectivity index (χ0n) is 8.65. The summed E-state index contributed by atoms with van der Waals surface area (Å²) in [7, 11) is 0. The third kappa shape index (κ3) is 2.15. The molecule has 17 heavy (non-hydrogen) atoms. The van der Waals surface area contributed by atoms with Crippen LogP contribution in [0.4, 0.5) is 8.78 Å². The zero-order valence-corrected chi connectivity index (χ0v) is 8.65. The number of carboxylic acids is 1. The first kappa shape index (κ1) is 11.3. The Balaban J connectivity index is 2.60. The molecule has 0 saturated heterocycles. The molecule has 0 atom stereocenters. The van der Waals surface area contributed by atoms with Crippen LogP contribution >= 0.6 is 0 Å². The van der Waals surface area contributed by atoms with Gasteiger partial charge in [0.25, 0.3) is 0 Å². The Hall–Kier alpha value is -2.23. The highest BCUT2D eigenvalue weighted by atomic mass is 19.2. The van der Waals surface area contributed by atoms with Crippen molar-refractivity contribution in [3.8, 4) is 11.1 Å². The van der Waals surface area contributed by atoms with Crippen molar-refractivity contribution in [1.29, 1.82) is 0 Å². The highest BCUT2D eigenvalue weighted by Gasteiger charge is 2.12. The van der Waals surface area contributed by atoms with E-state index < -0.39 is 17.6 Å². The van der Waals surface area contributed by atoms with Crippen LogP contribution in [-0.4, -0.2) is 11.1 Å². The van der Waals surface area contributed by atoms with Crippen molar-refractivity contribution in [1.82, 2.24) is 0 Å². The Morgan fingerprint density at radius 3 is 2.35 bits per heavy atom. The zero-order chi connectivity index (χ0) is 12.4.